The van der Waals surface area contributed by atoms with Crippen molar-refractivity contribution in [2.24, 2.45) is 5.73 Å². The van der Waals surface area contributed by atoms with Crippen LogP contribution in [-0.4, -0.2) is 39.3 Å². The number of nitro benzene ring substituents is 1. The van der Waals surface area contributed by atoms with Crippen molar-refractivity contribution >= 4 is 17.5 Å². The smallest absolute Gasteiger partial charge is 0.311 e. The molecule has 0 heterocycles. The summed E-state index contributed by atoms with van der Waals surface area (Å²) in [6.45, 7) is 2.99. The predicted octanol–water partition coefficient (Wildman–Crippen LogP) is 0.636. The molecule has 0 radical (unpaired) electrons. The monoisotopic (exact) mass is 281 g/mol. The first-order chi connectivity index (χ1) is 9.25. The van der Waals surface area contributed by atoms with Crippen molar-refractivity contribution < 1.29 is 19.6 Å². The molecule has 0 unspecified atom stereocenters. The normalized spacial score (nSPS) is 10.3. The van der Waals surface area contributed by atoms with Gasteiger partial charge < -0.3 is 15.7 Å². The highest BCUT2D eigenvalue weighted by Gasteiger charge is 2.26. The Morgan fingerprint density at radius 3 is 2.50 bits per heavy atom. The van der Waals surface area contributed by atoms with Crippen molar-refractivity contribution in [1.29, 1.82) is 0 Å². The Morgan fingerprint density at radius 2 is 2.05 bits per heavy atom. The van der Waals surface area contributed by atoms with Gasteiger partial charge in [0.25, 0.3) is 5.91 Å². The van der Waals surface area contributed by atoms with E-state index in [1.807, 2.05) is 0 Å². The Bertz CT molecular complexity index is 556. The summed E-state index contributed by atoms with van der Waals surface area (Å²) in [7, 11) is 0. The Labute approximate surface area is 114 Å². The number of primary amides is 1. The molecule has 8 heteroatoms. The molecule has 0 spiro atoms. The van der Waals surface area contributed by atoms with Gasteiger partial charge in [-0.3, -0.25) is 19.7 Å². The number of phenols is 1. The summed E-state index contributed by atoms with van der Waals surface area (Å²) in [6, 6.07) is 3.27. The summed E-state index contributed by atoms with van der Waals surface area (Å²) in [5, 5.41) is 20.5. The van der Waals surface area contributed by atoms with E-state index in [0.29, 0.717) is 0 Å². The lowest BCUT2D eigenvalue weighted by molar-refractivity contribution is -0.385. The number of aromatic hydroxyl groups is 1. The molecule has 0 bridgehead atoms. The van der Waals surface area contributed by atoms with Gasteiger partial charge in [0.2, 0.25) is 11.7 Å². The molecule has 2 amide bonds. The molecule has 20 heavy (non-hydrogen) atoms. The van der Waals surface area contributed by atoms with Crippen LogP contribution in [0, 0.1) is 10.1 Å². The standard InChI is InChI=1S/C12H15N3O5/c1-7(2)14(6-10(13)16)12(18)8-4-3-5-9(11(8)17)15(19)20/h3-5,7,17H,6H2,1-2H3,(H2,13,16). The quantitative estimate of drug-likeness (QED) is 0.604. The number of para-hydroxylation sites is 1. The molecule has 1 aromatic carbocycles. The van der Waals surface area contributed by atoms with Gasteiger partial charge in [0, 0.05) is 12.1 Å². The number of nitrogens with zero attached hydrogens (tertiary/aromatic N) is 2. The molecule has 0 atom stereocenters. The Hall–Kier alpha value is -2.64. The van der Waals surface area contributed by atoms with Crippen molar-refractivity contribution in [3.05, 3.63) is 33.9 Å². The summed E-state index contributed by atoms with van der Waals surface area (Å²) >= 11 is 0. The maximum absolute atomic E-state index is 12.3. The van der Waals surface area contributed by atoms with Crippen LogP contribution in [0.3, 0.4) is 0 Å². The largest absolute Gasteiger partial charge is 0.502 e. The van der Waals surface area contributed by atoms with E-state index in [4.69, 9.17) is 5.73 Å². The lowest BCUT2D eigenvalue weighted by atomic mass is 10.1. The fraction of sp³-hybridized carbons (Fsp3) is 0.333. The zero-order chi connectivity index (χ0) is 15.4. The highest BCUT2D eigenvalue weighted by Crippen LogP contribution is 2.30. The third-order valence-corrected chi connectivity index (χ3v) is 2.65. The molecule has 0 fully saturated rings. The van der Waals surface area contributed by atoms with E-state index in [9.17, 15) is 24.8 Å². The van der Waals surface area contributed by atoms with Gasteiger partial charge in [-0.25, -0.2) is 0 Å². The van der Waals surface area contributed by atoms with E-state index in [1.54, 1.807) is 13.8 Å². The molecule has 1 aromatic rings. The van der Waals surface area contributed by atoms with Gasteiger partial charge in [-0.2, -0.15) is 0 Å². The number of phenolic OH excluding ortho intramolecular Hbond substituents is 1. The lowest BCUT2D eigenvalue weighted by Gasteiger charge is -2.25. The molecule has 0 aliphatic heterocycles. The van der Waals surface area contributed by atoms with Gasteiger partial charge in [0.05, 0.1) is 17.0 Å². The molecule has 0 saturated carbocycles. The summed E-state index contributed by atoms with van der Waals surface area (Å²) in [6.07, 6.45) is 0. The number of nitrogens with two attached hydrogens (primary N) is 1. The van der Waals surface area contributed by atoms with Crippen molar-refractivity contribution in [3.63, 3.8) is 0 Å². The van der Waals surface area contributed by atoms with Crippen LogP contribution in [0.1, 0.15) is 24.2 Å². The first-order valence-electron chi connectivity index (χ1n) is 5.81. The number of hydrogen-bond acceptors (Lipinski definition) is 5. The number of carbonyl (C=O) groups excluding carboxylic acids is 2. The van der Waals surface area contributed by atoms with E-state index >= 15 is 0 Å². The molecular weight excluding hydrogens is 266 g/mol. The second-order valence-corrected chi connectivity index (χ2v) is 4.42. The van der Waals surface area contributed by atoms with Crippen molar-refractivity contribution in [1.82, 2.24) is 4.90 Å². The summed E-state index contributed by atoms with van der Waals surface area (Å²) in [4.78, 5) is 34.3. The predicted molar refractivity (Wildman–Crippen MR) is 70.1 cm³/mol. The van der Waals surface area contributed by atoms with Gasteiger partial charge in [0.15, 0.2) is 0 Å². The van der Waals surface area contributed by atoms with Gasteiger partial charge in [-0.15, -0.1) is 0 Å². The third kappa shape index (κ3) is 3.22. The molecule has 0 saturated heterocycles. The maximum Gasteiger partial charge on any atom is 0.311 e. The number of hydrogen-bond donors (Lipinski definition) is 2. The van der Waals surface area contributed by atoms with E-state index in [1.165, 1.54) is 12.1 Å². The van der Waals surface area contributed by atoms with Gasteiger partial charge in [-0.05, 0) is 19.9 Å². The minimum atomic E-state index is -0.792. The number of carbonyl (C=O) groups is 2. The topological polar surface area (TPSA) is 127 Å². The minimum Gasteiger partial charge on any atom is -0.502 e. The summed E-state index contributed by atoms with van der Waals surface area (Å²) in [5.41, 5.74) is 4.25. The van der Waals surface area contributed by atoms with E-state index < -0.39 is 28.2 Å². The molecule has 0 aliphatic rings. The van der Waals surface area contributed by atoms with Crippen LogP contribution in [0.15, 0.2) is 18.2 Å². The first-order valence-corrected chi connectivity index (χ1v) is 5.81. The third-order valence-electron chi connectivity index (χ3n) is 2.65. The van der Waals surface area contributed by atoms with Crippen LogP contribution in [0.5, 0.6) is 5.75 Å². The molecule has 8 nitrogen and oxygen atoms in total. The van der Waals surface area contributed by atoms with Crippen LogP contribution >= 0.6 is 0 Å². The lowest BCUT2D eigenvalue weighted by Crippen LogP contribution is -2.42. The molecule has 1 rings (SSSR count). The van der Waals surface area contributed by atoms with Gasteiger partial charge in [-0.1, -0.05) is 6.07 Å². The Kier molecular flexibility index (Phi) is 4.63. The van der Waals surface area contributed by atoms with Crippen molar-refractivity contribution in [2.75, 3.05) is 6.54 Å². The van der Waals surface area contributed by atoms with Crippen LogP contribution in [0.4, 0.5) is 5.69 Å². The fourth-order valence-electron chi connectivity index (χ4n) is 1.66. The molecular formula is C12H15N3O5. The SMILES string of the molecule is CC(C)N(CC(N)=O)C(=O)c1cccc([N+](=O)[O-])c1O. The molecule has 108 valence electrons. The van der Waals surface area contributed by atoms with E-state index in [-0.39, 0.29) is 18.2 Å². The van der Waals surface area contributed by atoms with Crippen LogP contribution in [0.2, 0.25) is 0 Å². The first kappa shape index (κ1) is 15.4. The minimum absolute atomic E-state index is 0.242. The zero-order valence-electron chi connectivity index (χ0n) is 11.1. The van der Waals surface area contributed by atoms with Crippen molar-refractivity contribution in [3.8, 4) is 5.75 Å². The molecule has 0 aliphatic carbocycles. The van der Waals surface area contributed by atoms with Crippen molar-refractivity contribution in [2.45, 2.75) is 19.9 Å². The van der Waals surface area contributed by atoms with Crippen LogP contribution < -0.4 is 5.73 Å². The zero-order valence-corrected chi connectivity index (χ0v) is 11.1. The Balaban J connectivity index is 3.22. The second kappa shape index (κ2) is 6.00. The number of benzene rings is 1. The number of amides is 2. The number of nitro groups is 1. The molecule has 0 aromatic heterocycles. The summed E-state index contributed by atoms with van der Waals surface area (Å²) < 4.78 is 0. The highest BCUT2D eigenvalue weighted by atomic mass is 16.6. The van der Waals surface area contributed by atoms with Gasteiger partial charge >= 0.3 is 5.69 Å². The summed E-state index contributed by atoms with van der Waals surface area (Å²) in [5.74, 6) is -2.13. The average molecular weight is 281 g/mol. The highest BCUT2D eigenvalue weighted by molar-refractivity contribution is 5.99. The second-order valence-electron chi connectivity index (χ2n) is 4.42. The Morgan fingerprint density at radius 1 is 1.45 bits per heavy atom. The fourth-order valence-corrected chi connectivity index (χ4v) is 1.66. The van der Waals surface area contributed by atoms with E-state index in [2.05, 4.69) is 0 Å². The van der Waals surface area contributed by atoms with Crippen LogP contribution in [-0.2, 0) is 4.79 Å². The number of rotatable bonds is 5. The van der Waals surface area contributed by atoms with Gasteiger partial charge in [0.1, 0.15) is 0 Å². The molecule has 3 N–H and O–H groups in total. The van der Waals surface area contributed by atoms with E-state index in [0.717, 1.165) is 11.0 Å². The average Bonchev–Trinajstić information content (AvgIpc) is 2.34. The maximum atomic E-state index is 12.3. The van der Waals surface area contributed by atoms with Crippen LogP contribution in [0.25, 0.3) is 0 Å².